The molecular weight excluding hydrogens is 593 g/mol. The highest BCUT2D eigenvalue weighted by Crippen LogP contribution is 2.47. The molecule has 0 N–H and O–H groups in total. The Morgan fingerprint density at radius 3 is 2.17 bits per heavy atom. The maximum Gasteiger partial charge on any atom is 0.229 e. The summed E-state index contributed by atoms with van der Waals surface area (Å²) in [4.78, 5) is 3.91. The molecule has 0 saturated heterocycles. The Morgan fingerprint density at radius 1 is 0.532 bits per heavy atom. The second-order valence-electron chi connectivity index (χ2n) is 11.9. The molecule has 3 aromatic heterocycles. The molecule has 10 rings (SSSR count). The van der Waals surface area contributed by atoms with Crippen LogP contribution in [0.1, 0.15) is 0 Å². The number of rotatable bonds is 3. The first-order valence-corrected chi connectivity index (χ1v) is 16.5. The highest BCUT2D eigenvalue weighted by molar-refractivity contribution is 7.26. The van der Waals surface area contributed by atoms with Crippen LogP contribution in [-0.4, -0.2) is 4.57 Å². The average Bonchev–Trinajstić information content (AvgIpc) is 3.81. The summed E-state index contributed by atoms with van der Waals surface area (Å²) < 4.78 is 11.6. The number of hydrogen-bond acceptors (Lipinski definition) is 2. The van der Waals surface area contributed by atoms with E-state index in [1.807, 2.05) is 17.4 Å². The van der Waals surface area contributed by atoms with Crippen molar-refractivity contribution in [2.24, 2.45) is 0 Å². The van der Waals surface area contributed by atoms with Crippen LogP contribution in [0.15, 0.2) is 150 Å². The van der Waals surface area contributed by atoms with E-state index in [2.05, 4.69) is 149 Å². The zero-order valence-electron chi connectivity index (χ0n) is 25.1. The van der Waals surface area contributed by atoms with Gasteiger partial charge in [-0.25, -0.2) is 4.85 Å². The van der Waals surface area contributed by atoms with Gasteiger partial charge in [-0.2, -0.15) is 0 Å². The fourth-order valence-electron chi connectivity index (χ4n) is 7.36. The number of aromatic nitrogens is 1. The van der Waals surface area contributed by atoms with E-state index in [1.54, 1.807) is 0 Å². The lowest BCUT2D eigenvalue weighted by atomic mass is 9.97. The molecule has 47 heavy (non-hydrogen) atoms. The molecule has 0 amide bonds. The lowest BCUT2D eigenvalue weighted by molar-refractivity contribution is 0.668. The van der Waals surface area contributed by atoms with Crippen molar-refractivity contribution in [3.63, 3.8) is 0 Å². The first-order valence-electron chi connectivity index (χ1n) is 15.6. The van der Waals surface area contributed by atoms with Gasteiger partial charge in [0.2, 0.25) is 5.69 Å². The minimum atomic E-state index is 0.518. The summed E-state index contributed by atoms with van der Waals surface area (Å²) >= 11 is 1.82. The summed E-state index contributed by atoms with van der Waals surface area (Å²) in [6.07, 6.45) is 0. The molecule has 0 saturated carbocycles. The van der Waals surface area contributed by atoms with Crippen molar-refractivity contribution in [2.75, 3.05) is 0 Å². The second kappa shape index (κ2) is 9.92. The summed E-state index contributed by atoms with van der Waals surface area (Å²) in [5.41, 5.74) is 9.72. The van der Waals surface area contributed by atoms with Crippen molar-refractivity contribution < 1.29 is 4.42 Å². The molecule has 0 bridgehead atoms. The Morgan fingerprint density at radius 2 is 1.28 bits per heavy atom. The van der Waals surface area contributed by atoms with Gasteiger partial charge in [-0.1, -0.05) is 115 Å². The first kappa shape index (κ1) is 26.1. The maximum atomic E-state index is 8.04. The SMILES string of the molecule is [C-]#[N+]c1ccc(-c2cccc3c2sc2ccccc23)c2c1oc1c(-n3c4ccccc4c4cc(-c5ccccc5)ccc43)cccc12. The number of benzene rings is 7. The van der Waals surface area contributed by atoms with Crippen LogP contribution in [-0.2, 0) is 0 Å². The van der Waals surface area contributed by atoms with E-state index < -0.39 is 0 Å². The van der Waals surface area contributed by atoms with Crippen molar-refractivity contribution >= 4 is 80.9 Å². The van der Waals surface area contributed by atoms with E-state index in [9.17, 15) is 0 Å². The van der Waals surface area contributed by atoms with Crippen molar-refractivity contribution in [1.82, 2.24) is 4.57 Å². The summed E-state index contributed by atoms with van der Waals surface area (Å²) in [5, 5.41) is 6.88. The smallest absolute Gasteiger partial charge is 0.229 e. The minimum absolute atomic E-state index is 0.518. The topological polar surface area (TPSA) is 22.4 Å². The van der Waals surface area contributed by atoms with Gasteiger partial charge in [0.1, 0.15) is 5.58 Å². The van der Waals surface area contributed by atoms with Gasteiger partial charge in [0, 0.05) is 47.3 Å². The Kier molecular flexibility index (Phi) is 5.51. The maximum absolute atomic E-state index is 8.04. The standard InChI is InChI=1S/C43H24N2OS/c1-44-35-23-22-30(32-16-9-15-31-29-14-6-8-20-39(29)47-43(31)32)40-33-17-10-19-38(41(33)46-42(35)40)45-36-18-7-5-13-28(36)34-25-27(21-24-37(34)45)26-11-3-2-4-12-26/h2-25H. The summed E-state index contributed by atoms with van der Waals surface area (Å²) in [6.45, 7) is 8.04. The molecule has 0 unspecified atom stereocenters. The molecule has 4 heteroatoms. The van der Waals surface area contributed by atoms with E-state index in [1.165, 1.54) is 42.1 Å². The second-order valence-corrected chi connectivity index (χ2v) is 13.0. The zero-order valence-corrected chi connectivity index (χ0v) is 25.9. The van der Waals surface area contributed by atoms with Crippen LogP contribution in [0.3, 0.4) is 0 Å². The summed E-state index contributed by atoms with van der Waals surface area (Å²) in [7, 11) is 0. The van der Waals surface area contributed by atoms with Crippen LogP contribution < -0.4 is 0 Å². The predicted molar refractivity (Wildman–Crippen MR) is 198 cm³/mol. The van der Waals surface area contributed by atoms with Gasteiger partial charge in [-0.15, -0.1) is 11.3 Å². The summed E-state index contributed by atoms with van der Waals surface area (Å²) in [5.74, 6) is 0. The lowest BCUT2D eigenvalue weighted by Crippen LogP contribution is -1.94. The number of thiophene rings is 1. The van der Waals surface area contributed by atoms with Crippen LogP contribution in [0.25, 0.3) is 96.7 Å². The van der Waals surface area contributed by atoms with Gasteiger partial charge in [0.05, 0.1) is 23.3 Å². The van der Waals surface area contributed by atoms with Crippen LogP contribution in [0.5, 0.6) is 0 Å². The molecule has 0 aliphatic rings. The van der Waals surface area contributed by atoms with E-state index in [-0.39, 0.29) is 0 Å². The normalized spacial score (nSPS) is 11.8. The van der Waals surface area contributed by atoms with Crippen molar-refractivity contribution in [2.45, 2.75) is 0 Å². The monoisotopic (exact) mass is 616 g/mol. The molecule has 3 nitrogen and oxygen atoms in total. The molecule has 0 aliphatic heterocycles. The van der Waals surface area contributed by atoms with Gasteiger partial charge in [-0.05, 0) is 47.0 Å². The first-order chi connectivity index (χ1) is 23.3. The Bertz CT molecular complexity index is 2920. The average molecular weight is 617 g/mol. The van der Waals surface area contributed by atoms with E-state index in [0.29, 0.717) is 11.3 Å². The number of hydrogen-bond donors (Lipinski definition) is 0. The van der Waals surface area contributed by atoms with Crippen LogP contribution >= 0.6 is 11.3 Å². The Labute approximate surface area is 274 Å². The minimum Gasteiger partial charge on any atom is -0.465 e. The third-order valence-corrected chi connectivity index (χ3v) is 10.7. The quantitative estimate of drug-likeness (QED) is 0.181. The number of nitrogens with zero attached hydrogens (tertiary/aromatic N) is 2. The third kappa shape index (κ3) is 3.72. The van der Waals surface area contributed by atoms with Gasteiger partial charge < -0.3 is 8.98 Å². The molecule has 3 heterocycles. The number of para-hydroxylation sites is 2. The van der Waals surface area contributed by atoms with Crippen molar-refractivity contribution in [1.29, 1.82) is 0 Å². The number of furan rings is 1. The van der Waals surface area contributed by atoms with Crippen LogP contribution in [0.4, 0.5) is 5.69 Å². The highest BCUT2D eigenvalue weighted by atomic mass is 32.1. The van der Waals surface area contributed by atoms with E-state index >= 15 is 0 Å². The van der Waals surface area contributed by atoms with Gasteiger partial charge in [0.15, 0.2) is 5.58 Å². The van der Waals surface area contributed by atoms with E-state index in [4.69, 9.17) is 11.0 Å². The molecule has 7 aromatic carbocycles. The van der Waals surface area contributed by atoms with Gasteiger partial charge in [0.25, 0.3) is 0 Å². The zero-order chi connectivity index (χ0) is 31.1. The largest absolute Gasteiger partial charge is 0.465 e. The van der Waals surface area contributed by atoms with Crippen molar-refractivity contribution in [3.05, 3.63) is 157 Å². The van der Waals surface area contributed by atoms with E-state index in [0.717, 1.165) is 44.2 Å². The van der Waals surface area contributed by atoms with Crippen LogP contribution in [0, 0.1) is 6.57 Å². The predicted octanol–water partition coefficient (Wildman–Crippen LogP) is 12.9. The molecule has 0 radical (unpaired) electrons. The van der Waals surface area contributed by atoms with Gasteiger partial charge in [-0.3, -0.25) is 0 Å². The van der Waals surface area contributed by atoms with Gasteiger partial charge >= 0.3 is 0 Å². The third-order valence-electron chi connectivity index (χ3n) is 9.44. The highest BCUT2D eigenvalue weighted by Gasteiger charge is 2.22. The Hall–Kier alpha value is -6.15. The van der Waals surface area contributed by atoms with Crippen LogP contribution in [0.2, 0.25) is 0 Å². The molecule has 218 valence electrons. The molecule has 0 spiro atoms. The summed E-state index contributed by atoms with van der Waals surface area (Å²) in [6, 6.07) is 51.3. The molecule has 0 atom stereocenters. The lowest BCUT2D eigenvalue weighted by Gasteiger charge is -2.09. The fourth-order valence-corrected chi connectivity index (χ4v) is 8.59. The molecule has 0 aliphatic carbocycles. The number of fused-ring (bicyclic) bond motifs is 9. The molecule has 0 fully saturated rings. The molecular formula is C43H24N2OS. The van der Waals surface area contributed by atoms with Crippen molar-refractivity contribution in [3.8, 4) is 27.9 Å². The fraction of sp³-hybridized carbons (Fsp3) is 0. The Balaban J connectivity index is 1.28. The molecule has 10 aromatic rings.